The predicted octanol–water partition coefficient (Wildman–Crippen LogP) is 1.47. The van der Waals surface area contributed by atoms with E-state index in [1.165, 1.54) is 0 Å². The number of aliphatic hydroxyl groups is 1. The highest BCUT2D eigenvalue weighted by Crippen LogP contribution is 2.21. The summed E-state index contributed by atoms with van der Waals surface area (Å²) in [6, 6.07) is 7.90. The third-order valence-corrected chi connectivity index (χ3v) is 2.73. The first-order chi connectivity index (χ1) is 8.70. The van der Waals surface area contributed by atoms with Crippen LogP contribution < -0.4 is 0 Å². The summed E-state index contributed by atoms with van der Waals surface area (Å²) in [5.74, 6) is 1.10. The first-order valence-corrected chi connectivity index (χ1v) is 5.88. The van der Waals surface area contributed by atoms with E-state index in [-0.39, 0.29) is 6.61 Å². The highest BCUT2D eigenvalue weighted by atomic mass is 16.4. The van der Waals surface area contributed by atoms with Crippen molar-refractivity contribution in [3.63, 3.8) is 0 Å². The van der Waals surface area contributed by atoms with E-state index in [1.54, 1.807) is 0 Å². The molecule has 0 saturated heterocycles. The fourth-order valence-corrected chi connectivity index (χ4v) is 1.72. The number of likely N-dealkylation sites (N-methyl/N-ethyl adjacent to an activating group) is 1. The maximum absolute atomic E-state index is 8.83. The van der Waals surface area contributed by atoms with E-state index in [4.69, 9.17) is 9.52 Å². The molecular weight excluding hydrogens is 230 g/mol. The van der Waals surface area contributed by atoms with Gasteiger partial charge >= 0.3 is 0 Å². The number of rotatable bonds is 5. The monoisotopic (exact) mass is 247 g/mol. The van der Waals surface area contributed by atoms with Crippen molar-refractivity contribution in [2.75, 3.05) is 20.2 Å². The zero-order valence-corrected chi connectivity index (χ0v) is 10.6. The fraction of sp³-hybridized carbons (Fsp3) is 0.385. The molecule has 0 spiro atoms. The lowest BCUT2D eigenvalue weighted by Crippen LogP contribution is -2.21. The molecule has 5 heteroatoms. The van der Waals surface area contributed by atoms with Crippen molar-refractivity contribution < 1.29 is 9.52 Å². The average molecular weight is 247 g/mol. The zero-order valence-electron chi connectivity index (χ0n) is 10.6. The molecule has 0 unspecified atom stereocenters. The van der Waals surface area contributed by atoms with Gasteiger partial charge in [0.05, 0.1) is 13.2 Å². The van der Waals surface area contributed by atoms with Gasteiger partial charge in [-0.25, -0.2) is 0 Å². The molecule has 0 aliphatic heterocycles. The van der Waals surface area contributed by atoms with E-state index in [1.807, 2.05) is 43.1 Å². The third kappa shape index (κ3) is 2.94. The number of hydrogen-bond donors (Lipinski definition) is 1. The molecule has 0 bridgehead atoms. The Bertz CT molecular complexity index is 510. The maximum atomic E-state index is 8.83. The van der Waals surface area contributed by atoms with Crippen LogP contribution in [-0.4, -0.2) is 40.4 Å². The van der Waals surface area contributed by atoms with Gasteiger partial charge in [0, 0.05) is 12.1 Å². The van der Waals surface area contributed by atoms with E-state index in [0.29, 0.717) is 24.9 Å². The predicted molar refractivity (Wildman–Crippen MR) is 67.9 cm³/mol. The van der Waals surface area contributed by atoms with Gasteiger partial charge < -0.3 is 9.52 Å². The number of hydrogen-bond acceptors (Lipinski definition) is 5. The Morgan fingerprint density at radius 3 is 2.78 bits per heavy atom. The van der Waals surface area contributed by atoms with Crippen LogP contribution in [0.5, 0.6) is 0 Å². The van der Waals surface area contributed by atoms with Gasteiger partial charge in [0.2, 0.25) is 11.8 Å². The van der Waals surface area contributed by atoms with Crippen LogP contribution in [-0.2, 0) is 6.54 Å². The summed E-state index contributed by atoms with van der Waals surface area (Å²) in [5.41, 5.74) is 2.07. The van der Waals surface area contributed by atoms with Gasteiger partial charge in [0.25, 0.3) is 0 Å². The van der Waals surface area contributed by atoms with Crippen molar-refractivity contribution >= 4 is 0 Å². The molecule has 18 heavy (non-hydrogen) atoms. The molecule has 1 N–H and O–H groups in total. The van der Waals surface area contributed by atoms with E-state index in [2.05, 4.69) is 10.2 Å². The van der Waals surface area contributed by atoms with Gasteiger partial charge in [-0.15, -0.1) is 10.2 Å². The second-order valence-corrected chi connectivity index (χ2v) is 4.28. The molecule has 1 heterocycles. The summed E-state index contributed by atoms with van der Waals surface area (Å²) < 4.78 is 5.62. The SMILES string of the molecule is Cc1ccccc1-c1nnc(CN(C)CCO)o1. The summed E-state index contributed by atoms with van der Waals surface area (Å²) >= 11 is 0. The van der Waals surface area contributed by atoms with Crippen LogP contribution in [0, 0.1) is 6.92 Å². The summed E-state index contributed by atoms with van der Waals surface area (Å²) in [6.07, 6.45) is 0. The Morgan fingerprint density at radius 2 is 2.06 bits per heavy atom. The van der Waals surface area contributed by atoms with E-state index >= 15 is 0 Å². The Balaban J connectivity index is 2.13. The first kappa shape index (κ1) is 12.7. The first-order valence-electron chi connectivity index (χ1n) is 5.88. The standard InChI is InChI=1S/C13H17N3O2/c1-10-5-3-4-6-11(10)13-15-14-12(18-13)9-16(2)7-8-17/h3-6,17H,7-9H2,1-2H3. The highest BCUT2D eigenvalue weighted by Gasteiger charge is 2.11. The lowest BCUT2D eigenvalue weighted by Gasteiger charge is -2.11. The van der Waals surface area contributed by atoms with E-state index in [0.717, 1.165) is 11.1 Å². The van der Waals surface area contributed by atoms with E-state index in [9.17, 15) is 0 Å². The molecule has 5 nitrogen and oxygen atoms in total. The molecule has 0 aliphatic carbocycles. The van der Waals surface area contributed by atoms with Crippen LogP contribution in [0.4, 0.5) is 0 Å². The summed E-state index contributed by atoms with van der Waals surface area (Å²) in [7, 11) is 1.90. The minimum atomic E-state index is 0.120. The van der Waals surface area contributed by atoms with E-state index < -0.39 is 0 Å². The number of nitrogens with zero attached hydrogens (tertiary/aromatic N) is 3. The smallest absolute Gasteiger partial charge is 0.248 e. The minimum absolute atomic E-state index is 0.120. The topological polar surface area (TPSA) is 62.4 Å². The van der Waals surface area contributed by atoms with Gasteiger partial charge in [0.1, 0.15) is 0 Å². The fourth-order valence-electron chi connectivity index (χ4n) is 1.72. The summed E-state index contributed by atoms with van der Waals surface area (Å²) in [5, 5.41) is 16.9. The minimum Gasteiger partial charge on any atom is -0.419 e. The molecule has 0 fully saturated rings. The van der Waals surface area contributed by atoms with Gasteiger partial charge in [-0.05, 0) is 25.6 Å². The summed E-state index contributed by atoms with van der Waals surface area (Å²) in [4.78, 5) is 1.93. The van der Waals surface area contributed by atoms with Gasteiger partial charge in [-0.1, -0.05) is 18.2 Å². The number of aryl methyl sites for hydroxylation is 1. The summed E-state index contributed by atoms with van der Waals surface area (Å²) in [6.45, 7) is 3.26. The zero-order chi connectivity index (χ0) is 13.0. The maximum Gasteiger partial charge on any atom is 0.248 e. The average Bonchev–Trinajstić information content (AvgIpc) is 2.78. The second-order valence-electron chi connectivity index (χ2n) is 4.28. The molecule has 0 amide bonds. The quantitative estimate of drug-likeness (QED) is 0.866. The Kier molecular flexibility index (Phi) is 4.07. The van der Waals surface area contributed by atoms with Crippen LogP contribution in [0.25, 0.3) is 11.5 Å². The second kappa shape index (κ2) is 5.75. The Morgan fingerprint density at radius 1 is 1.28 bits per heavy atom. The van der Waals surface area contributed by atoms with Crippen molar-refractivity contribution in [1.29, 1.82) is 0 Å². The molecule has 96 valence electrons. The van der Waals surface area contributed by atoms with Gasteiger partial charge in [-0.2, -0.15) is 0 Å². The third-order valence-electron chi connectivity index (χ3n) is 2.73. The highest BCUT2D eigenvalue weighted by molar-refractivity contribution is 5.57. The van der Waals surface area contributed by atoms with Crippen LogP contribution in [0.1, 0.15) is 11.5 Å². The molecule has 0 saturated carbocycles. The normalized spacial score (nSPS) is 11.1. The molecular formula is C13H17N3O2. The largest absolute Gasteiger partial charge is 0.419 e. The van der Waals surface area contributed by atoms with Crippen molar-refractivity contribution in [2.45, 2.75) is 13.5 Å². The Labute approximate surface area is 106 Å². The number of aliphatic hydroxyl groups excluding tert-OH is 1. The molecule has 0 atom stereocenters. The van der Waals surface area contributed by atoms with Crippen molar-refractivity contribution in [3.05, 3.63) is 35.7 Å². The Hall–Kier alpha value is -1.72. The number of benzene rings is 1. The molecule has 0 aliphatic rings. The van der Waals surface area contributed by atoms with Gasteiger partial charge in [0.15, 0.2) is 0 Å². The van der Waals surface area contributed by atoms with Crippen LogP contribution >= 0.6 is 0 Å². The molecule has 1 aromatic heterocycles. The van der Waals surface area contributed by atoms with Gasteiger partial charge in [-0.3, -0.25) is 4.90 Å². The van der Waals surface area contributed by atoms with Crippen LogP contribution in [0.15, 0.2) is 28.7 Å². The van der Waals surface area contributed by atoms with Crippen LogP contribution in [0.2, 0.25) is 0 Å². The number of aromatic nitrogens is 2. The molecule has 0 radical (unpaired) electrons. The molecule has 1 aromatic carbocycles. The van der Waals surface area contributed by atoms with Crippen molar-refractivity contribution in [2.24, 2.45) is 0 Å². The molecule has 2 rings (SSSR count). The van der Waals surface area contributed by atoms with Crippen molar-refractivity contribution in [3.8, 4) is 11.5 Å². The lowest BCUT2D eigenvalue weighted by molar-refractivity contribution is 0.206. The van der Waals surface area contributed by atoms with Crippen LogP contribution in [0.3, 0.4) is 0 Å². The molecule has 2 aromatic rings. The lowest BCUT2D eigenvalue weighted by atomic mass is 10.1. The van der Waals surface area contributed by atoms with Crippen molar-refractivity contribution in [1.82, 2.24) is 15.1 Å².